The summed E-state index contributed by atoms with van der Waals surface area (Å²) in [6, 6.07) is 4.79. The molecule has 0 bridgehead atoms. The third-order valence-corrected chi connectivity index (χ3v) is 4.71. The second-order valence-electron chi connectivity index (χ2n) is 6.20. The van der Waals surface area contributed by atoms with Crippen LogP contribution in [0.4, 0.5) is 0 Å². The molecule has 0 aliphatic carbocycles. The Morgan fingerprint density at radius 2 is 1.85 bits per heavy atom. The zero-order chi connectivity index (χ0) is 20.1. The van der Waals surface area contributed by atoms with Crippen LogP contribution in [0, 0.1) is 5.92 Å². The smallest absolute Gasteiger partial charge is 0.251 e. The first kappa shape index (κ1) is 23.5. The summed E-state index contributed by atoms with van der Waals surface area (Å²) in [4.78, 5) is 16.7. The van der Waals surface area contributed by atoms with Crippen LogP contribution in [-0.4, -0.2) is 49.8 Å². The number of nitrogens with one attached hydrogen (secondary N) is 3. The van der Waals surface area contributed by atoms with Crippen molar-refractivity contribution in [3.8, 4) is 0 Å². The van der Waals surface area contributed by atoms with E-state index in [1.807, 2.05) is 6.92 Å². The van der Waals surface area contributed by atoms with E-state index in [1.54, 1.807) is 18.2 Å². The zero-order valence-electron chi connectivity index (χ0n) is 16.0. The maximum Gasteiger partial charge on any atom is 0.251 e. The van der Waals surface area contributed by atoms with Crippen LogP contribution in [0.3, 0.4) is 0 Å². The Labute approximate surface area is 171 Å². The molecule has 0 radical (unpaired) electrons. The number of aliphatic imine (C=N–C) groups is 1. The van der Waals surface area contributed by atoms with Gasteiger partial charge < -0.3 is 21.1 Å². The molecule has 1 rings (SSSR count). The molecule has 4 N–H and O–H groups in total. The van der Waals surface area contributed by atoms with Gasteiger partial charge in [0.2, 0.25) is 0 Å². The highest BCUT2D eigenvalue weighted by Crippen LogP contribution is 2.22. The minimum absolute atomic E-state index is 0.185. The van der Waals surface area contributed by atoms with Gasteiger partial charge in [-0.05, 0) is 43.9 Å². The molecule has 27 heavy (non-hydrogen) atoms. The van der Waals surface area contributed by atoms with E-state index >= 15 is 0 Å². The van der Waals surface area contributed by atoms with Gasteiger partial charge in [0.05, 0.1) is 10.0 Å². The van der Waals surface area contributed by atoms with Gasteiger partial charge in [0.1, 0.15) is 0 Å². The highest BCUT2D eigenvalue weighted by molar-refractivity contribution is 6.42. The number of rotatable bonds is 11. The van der Waals surface area contributed by atoms with Crippen molar-refractivity contribution >= 4 is 35.1 Å². The molecule has 0 aromatic heterocycles. The molecular formula is C19H30Cl2N4O2. The van der Waals surface area contributed by atoms with E-state index in [9.17, 15) is 4.79 Å². The number of guanidine groups is 1. The number of aliphatic hydroxyl groups excluding tert-OH is 1. The fourth-order valence-corrected chi connectivity index (χ4v) is 2.87. The molecule has 0 saturated carbocycles. The van der Waals surface area contributed by atoms with E-state index in [0.717, 1.165) is 25.8 Å². The monoisotopic (exact) mass is 416 g/mol. The molecule has 1 aromatic carbocycles. The molecule has 1 aromatic rings. The molecule has 0 saturated heterocycles. The number of halogens is 2. The number of hydrogen-bond acceptors (Lipinski definition) is 3. The van der Waals surface area contributed by atoms with Gasteiger partial charge in [-0.2, -0.15) is 0 Å². The van der Waals surface area contributed by atoms with Crippen LogP contribution < -0.4 is 16.0 Å². The fraction of sp³-hybridized carbons (Fsp3) is 0.579. The minimum Gasteiger partial charge on any atom is -0.396 e. The summed E-state index contributed by atoms with van der Waals surface area (Å²) in [7, 11) is 0. The van der Waals surface area contributed by atoms with Crippen molar-refractivity contribution in [3.05, 3.63) is 33.8 Å². The predicted molar refractivity (Wildman–Crippen MR) is 113 cm³/mol. The second-order valence-corrected chi connectivity index (χ2v) is 7.01. The summed E-state index contributed by atoms with van der Waals surface area (Å²) in [5, 5.41) is 19.1. The molecule has 0 heterocycles. The average molecular weight is 417 g/mol. The topological polar surface area (TPSA) is 85.8 Å². The Bertz CT molecular complexity index is 605. The van der Waals surface area contributed by atoms with Crippen molar-refractivity contribution < 1.29 is 9.90 Å². The SMILES string of the molecule is CCCC(CCO)CN=C(NCC)NCCNC(=O)c1ccc(Cl)c(Cl)c1. The van der Waals surface area contributed by atoms with Gasteiger partial charge in [0.15, 0.2) is 5.96 Å². The maximum absolute atomic E-state index is 12.1. The number of benzene rings is 1. The van der Waals surface area contributed by atoms with Gasteiger partial charge in [-0.3, -0.25) is 9.79 Å². The van der Waals surface area contributed by atoms with Crippen molar-refractivity contribution in [2.75, 3.05) is 32.8 Å². The van der Waals surface area contributed by atoms with Gasteiger partial charge in [0, 0.05) is 38.3 Å². The van der Waals surface area contributed by atoms with Crippen LogP contribution in [-0.2, 0) is 0 Å². The molecule has 1 amide bonds. The Morgan fingerprint density at radius 1 is 1.11 bits per heavy atom. The minimum atomic E-state index is -0.205. The number of carbonyl (C=O) groups is 1. The summed E-state index contributed by atoms with van der Waals surface area (Å²) >= 11 is 11.8. The Balaban J connectivity index is 2.46. The molecule has 8 heteroatoms. The first-order valence-electron chi connectivity index (χ1n) is 9.38. The van der Waals surface area contributed by atoms with Crippen molar-refractivity contribution in [1.82, 2.24) is 16.0 Å². The van der Waals surface area contributed by atoms with Crippen molar-refractivity contribution in [2.24, 2.45) is 10.9 Å². The zero-order valence-corrected chi connectivity index (χ0v) is 17.5. The van der Waals surface area contributed by atoms with Crippen molar-refractivity contribution in [1.29, 1.82) is 0 Å². The van der Waals surface area contributed by atoms with Crippen LogP contribution in [0.25, 0.3) is 0 Å². The largest absolute Gasteiger partial charge is 0.396 e. The highest BCUT2D eigenvalue weighted by Gasteiger charge is 2.09. The first-order valence-corrected chi connectivity index (χ1v) is 10.1. The molecule has 1 atom stereocenters. The lowest BCUT2D eigenvalue weighted by atomic mass is 10.0. The van der Waals surface area contributed by atoms with E-state index in [1.165, 1.54) is 0 Å². The van der Waals surface area contributed by atoms with E-state index < -0.39 is 0 Å². The third-order valence-electron chi connectivity index (χ3n) is 3.97. The number of hydrogen-bond donors (Lipinski definition) is 4. The Morgan fingerprint density at radius 3 is 2.48 bits per heavy atom. The molecule has 6 nitrogen and oxygen atoms in total. The number of carbonyl (C=O) groups excluding carboxylic acids is 1. The van der Waals surface area contributed by atoms with Crippen LogP contribution >= 0.6 is 23.2 Å². The summed E-state index contributed by atoms with van der Waals surface area (Å²) in [6.45, 7) is 6.72. The molecular weight excluding hydrogens is 387 g/mol. The summed E-state index contributed by atoms with van der Waals surface area (Å²) < 4.78 is 0. The maximum atomic E-state index is 12.1. The molecule has 0 aliphatic heterocycles. The van der Waals surface area contributed by atoms with E-state index in [0.29, 0.717) is 47.1 Å². The second kappa shape index (κ2) is 13.6. The molecule has 0 spiro atoms. The Kier molecular flexibility index (Phi) is 11.9. The van der Waals surface area contributed by atoms with E-state index in [2.05, 4.69) is 27.9 Å². The van der Waals surface area contributed by atoms with Crippen LogP contribution in [0.5, 0.6) is 0 Å². The van der Waals surface area contributed by atoms with Crippen LogP contribution in [0.1, 0.15) is 43.5 Å². The third kappa shape index (κ3) is 9.31. The number of aliphatic hydroxyl groups is 1. The van der Waals surface area contributed by atoms with Gasteiger partial charge in [-0.1, -0.05) is 36.5 Å². The predicted octanol–water partition coefficient (Wildman–Crippen LogP) is 3.08. The standard InChI is InChI=1S/C19H30Cl2N4O2/c1-3-5-14(8-11-26)13-25-19(22-4-2)24-10-9-23-18(27)15-6-7-16(20)17(21)12-15/h6-7,12,14,26H,3-5,8-11,13H2,1-2H3,(H,23,27)(H2,22,24,25). The van der Waals surface area contributed by atoms with Crippen molar-refractivity contribution in [2.45, 2.75) is 33.1 Å². The van der Waals surface area contributed by atoms with E-state index in [4.69, 9.17) is 28.3 Å². The lowest BCUT2D eigenvalue weighted by Gasteiger charge is -2.15. The van der Waals surface area contributed by atoms with Gasteiger partial charge in [-0.15, -0.1) is 0 Å². The molecule has 0 fully saturated rings. The van der Waals surface area contributed by atoms with Gasteiger partial charge in [0.25, 0.3) is 5.91 Å². The van der Waals surface area contributed by atoms with Gasteiger partial charge >= 0.3 is 0 Å². The van der Waals surface area contributed by atoms with Crippen LogP contribution in [0.15, 0.2) is 23.2 Å². The van der Waals surface area contributed by atoms with Crippen LogP contribution in [0.2, 0.25) is 10.0 Å². The molecule has 1 unspecified atom stereocenters. The number of amides is 1. The normalized spacial score (nSPS) is 12.6. The lowest BCUT2D eigenvalue weighted by molar-refractivity contribution is 0.0954. The Hall–Kier alpha value is -1.50. The average Bonchev–Trinajstić information content (AvgIpc) is 2.65. The fourth-order valence-electron chi connectivity index (χ4n) is 2.58. The highest BCUT2D eigenvalue weighted by atomic mass is 35.5. The quantitative estimate of drug-likeness (QED) is 0.253. The summed E-state index contributed by atoms with van der Waals surface area (Å²) in [5.41, 5.74) is 0.469. The van der Waals surface area contributed by atoms with Crippen molar-refractivity contribution in [3.63, 3.8) is 0 Å². The van der Waals surface area contributed by atoms with Gasteiger partial charge in [-0.25, -0.2) is 0 Å². The molecule has 0 aliphatic rings. The molecule has 152 valence electrons. The lowest BCUT2D eigenvalue weighted by Crippen LogP contribution is -2.41. The summed E-state index contributed by atoms with van der Waals surface area (Å²) in [5.74, 6) is 0.883. The number of nitrogens with zero attached hydrogens (tertiary/aromatic N) is 1. The summed E-state index contributed by atoms with van der Waals surface area (Å²) in [6.07, 6.45) is 2.88. The van der Waals surface area contributed by atoms with E-state index in [-0.39, 0.29) is 12.5 Å². The first-order chi connectivity index (χ1) is 13.0.